The molecule has 4 nitrogen and oxygen atoms in total. The van der Waals surface area contributed by atoms with E-state index in [9.17, 15) is 0 Å². The lowest BCUT2D eigenvalue weighted by molar-refractivity contribution is 0.211. The predicted octanol–water partition coefficient (Wildman–Crippen LogP) is 0.822. The highest BCUT2D eigenvalue weighted by Crippen LogP contribution is 2.11. The smallest absolute Gasteiger partial charge is 0.233 e. The van der Waals surface area contributed by atoms with Gasteiger partial charge < -0.3 is 10.1 Å². The summed E-state index contributed by atoms with van der Waals surface area (Å²) in [6, 6.07) is 3.75. The molecule has 1 saturated heterocycles. The summed E-state index contributed by atoms with van der Waals surface area (Å²) < 4.78 is 6.47. The summed E-state index contributed by atoms with van der Waals surface area (Å²) >= 11 is 2.12. The minimum absolute atomic E-state index is 0.259. The first kappa shape index (κ1) is 9.14. The lowest BCUT2D eigenvalue weighted by atomic mass is 10.3. The Bertz CT molecular complexity index is 271. The van der Waals surface area contributed by atoms with E-state index in [4.69, 9.17) is 4.74 Å². The molecule has 0 saturated carbocycles. The molecule has 13 heavy (non-hydrogen) atoms. The Labute approximate surface area is 90.2 Å². The molecule has 5 heteroatoms. The molecule has 1 N–H and O–H groups in total. The summed E-state index contributed by atoms with van der Waals surface area (Å²) in [7, 11) is 0. The van der Waals surface area contributed by atoms with Gasteiger partial charge in [-0.15, -0.1) is 10.2 Å². The topological polar surface area (TPSA) is 47.0 Å². The van der Waals surface area contributed by atoms with Gasteiger partial charge >= 0.3 is 0 Å². The third-order valence-corrected chi connectivity index (χ3v) is 2.49. The minimum atomic E-state index is 0.259. The van der Waals surface area contributed by atoms with Gasteiger partial charge in [0.2, 0.25) is 5.88 Å². The zero-order valence-electron chi connectivity index (χ0n) is 7.03. The predicted molar refractivity (Wildman–Crippen MR) is 56.7 cm³/mol. The second kappa shape index (κ2) is 4.19. The van der Waals surface area contributed by atoms with Crippen LogP contribution in [0.15, 0.2) is 12.1 Å². The van der Waals surface area contributed by atoms with Crippen LogP contribution in [0.5, 0.6) is 5.88 Å². The van der Waals surface area contributed by atoms with E-state index >= 15 is 0 Å². The molecule has 1 aliphatic rings. The average Bonchev–Trinajstić information content (AvgIpc) is 2.62. The van der Waals surface area contributed by atoms with Crippen LogP contribution < -0.4 is 10.1 Å². The van der Waals surface area contributed by atoms with Gasteiger partial charge in [-0.25, -0.2) is 0 Å². The molecule has 0 amide bonds. The molecule has 0 radical (unpaired) electrons. The van der Waals surface area contributed by atoms with Gasteiger partial charge in [-0.1, -0.05) is 0 Å². The van der Waals surface area contributed by atoms with Crippen molar-refractivity contribution in [1.82, 2.24) is 15.5 Å². The number of halogens is 1. The number of hydrogen-bond acceptors (Lipinski definition) is 4. The molecule has 0 aromatic carbocycles. The van der Waals surface area contributed by atoms with E-state index in [1.165, 1.54) is 0 Å². The Morgan fingerprint density at radius 2 is 2.38 bits per heavy atom. The molecule has 2 rings (SSSR count). The normalized spacial score (nSPS) is 21.8. The first-order valence-corrected chi connectivity index (χ1v) is 5.29. The van der Waals surface area contributed by atoms with Crippen LogP contribution in [-0.4, -0.2) is 29.4 Å². The summed E-state index contributed by atoms with van der Waals surface area (Å²) in [5, 5.41) is 11.1. The third kappa shape index (κ3) is 2.50. The molecular weight excluding hydrogens is 281 g/mol. The maximum absolute atomic E-state index is 5.59. The highest BCUT2D eigenvalue weighted by molar-refractivity contribution is 14.1. The van der Waals surface area contributed by atoms with Crippen molar-refractivity contribution >= 4 is 22.6 Å². The summed E-state index contributed by atoms with van der Waals surface area (Å²) in [6.07, 6.45) is 1.31. The molecular formula is C8H10IN3O. The molecule has 2 heterocycles. The summed E-state index contributed by atoms with van der Waals surface area (Å²) in [5.74, 6) is 0.620. The van der Waals surface area contributed by atoms with Crippen LogP contribution in [0.4, 0.5) is 0 Å². The van der Waals surface area contributed by atoms with E-state index in [1.54, 1.807) is 0 Å². The van der Waals surface area contributed by atoms with Crippen molar-refractivity contribution < 1.29 is 4.74 Å². The number of nitrogens with one attached hydrogen (secondary N) is 1. The fourth-order valence-electron chi connectivity index (χ4n) is 1.27. The molecule has 1 atom stereocenters. The molecule has 0 spiro atoms. The van der Waals surface area contributed by atoms with Crippen LogP contribution in [0, 0.1) is 3.70 Å². The summed E-state index contributed by atoms with van der Waals surface area (Å²) in [6.45, 7) is 1.94. The van der Waals surface area contributed by atoms with Crippen molar-refractivity contribution in [2.75, 3.05) is 13.1 Å². The molecule has 1 aliphatic heterocycles. The van der Waals surface area contributed by atoms with Gasteiger partial charge in [-0.3, -0.25) is 0 Å². The van der Waals surface area contributed by atoms with Crippen molar-refractivity contribution in [3.63, 3.8) is 0 Å². The minimum Gasteiger partial charge on any atom is -0.472 e. The maximum atomic E-state index is 5.59. The first-order valence-electron chi connectivity index (χ1n) is 4.21. The van der Waals surface area contributed by atoms with E-state index in [2.05, 4.69) is 38.1 Å². The van der Waals surface area contributed by atoms with E-state index in [-0.39, 0.29) is 6.10 Å². The quantitative estimate of drug-likeness (QED) is 0.820. The van der Waals surface area contributed by atoms with Crippen LogP contribution >= 0.6 is 22.6 Å². The number of nitrogens with zero attached hydrogens (tertiary/aromatic N) is 2. The number of ether oxygens (including phenoxy) is 1. The second-order valence-electron chi connectivity index (χ2n) is 2.93. The van der Waals surface area contributed by atoms with Gasteiger partial charge in [0, 0.05) is 12.6 Å². The molecule has 70 valence electrons. The highest BCUT2D eigenvalue weighted by Gasteiger charge is 2.16. The highest BCUT2D eigenvalue weighted by atomic mass is 127. The second-order valence-corrected chi connectivity index (χ2v) is 4.03. The van der Waals surface area contributed by atoms with Crippen LogP contribution in [0.2, 0.25) is 0 Å². The van der Waals surface area contributed by atoms with Crippen molar-refractivity contribution in [3.05, 3.63) is 15.8 Å². The van der Waals surface area contributed by atoms with E-state index in [0.29, 0.717) is 5.88 Å². The number of hydrogen-bond donors (Lipinski definition) is 1. The zero-order valence-corrected chi connectivity index (χ0v) is 9.19. The Morgan fingerprint density at radius 1 is 1.46 bits per heavy atom. The molecule has 1 unspecified atom stereocenters. The lowest BCUT2D eigenvalue weighted by Crippen LogP contribution is -2.20. The van der Waals surface area contributed by atoms with Crippen molar-refractivity contribution in [3.8, 4) is 5.88 Å². The Kier molecular flexibility index (Phi) is 2.94. The molecule has 1 fully saturated rings. The largest absolute Gasteiger partial charge is 0.472 e. The average molecular weight is 291 g/mol. The monoisotopic (exact) mass is 291 g/mol. The summed E-state index contributed by atoms with van der Waals surface area (Å²) in [5.41, 5.74) is 0. The van der Waals surface area contributed by atoms with Crippen LogP contribution in [0.3, 0.4) is 0 Å². The Hall–Kier alpha value is -0.430. The van der Waals surface area contributed by atoms with Gasteiger partial charge in [0.15, 0.2) is 0 Å². The Morgan fingerprint density at radius 3 is 3.00 bits per heavy atom. The van der Waals surface area contributed by atoms with Gasteiger partial charge in [0.25, 0.3) is 0 Å². The number of aromatic nitrogens is 2. The third-order valence-electron chi connectivity index (χ3n) is 1.91. The van der Waals surface area contributed by atoms with Crippen molar-refractivity contribution in [2.24, 2.45) is 0 Å². The summed E-state index contributed by atoms with van der Waals surface area (Å²) in [4.78, 5) is 0. The van der Waals surface area contributed by atoms with Gasteiger partial charge in [-0.2, -0.15) is 0 Å². The SMILES string of the molecule is Ic1ccc(OC2CCNC2)nn1. The standard InChI is InChI=1S/C8H10IN3O/c9-7-1-2-8(12-11-7)13-6-3-4-10-5-6/h1-2,6,10H,3-5H2. The van der Waals surface area contributed by atoms with Crippen LogP contribution in [0.1, 0.15) is 6.42 Å². The first-order chi connectivity index (χ1) is 6.34. The molecule has 0 bridgehead atoms. The van der Waals surface area contributed by atoms with Gasteiger partial charge in [-0.05, 0) is 41.6 Å². The van der Waals surface area contributed by atoms with Crippen molar-refractivity contribution in [2.45, 2.75) is 12.5 Å². The molecule has 0 aliphatic carbocycles. The van der Waals surface area contributed by atoms with Gasteiger partial charge in [0.05, 0.1) is 0 Å². The van der Waals surface area contributed by atoms with Crippen LogP contribution in [0.25, 0.3) is 0 Å². The maximum Gasteiger partial charge on any atom is 0.233 e. The molecule has 1 aromatic heterocycles. The number of rotatable bonds is 2. The van der Waals surface area contributed by atoms with E-state index in [1.807, 2.05) is 12.1 Å². The van der Waals surface area contributed by atoms with Crippen LogP contribution in [-0.2, 0) is 0 Å². The lowest BCUT2D eigenvalue weighted by Gasteiger charge is -2.09. The molecule has 1 aromatic rings. The Balaban J connectivity index is 1.97. The van der Waals surface area contributed by atoms with Crippen molar-refractivity contribution in [1.29, 1.82) is 0 Å². The fraction of sp³-hybridized carbons (Fsp3) is 0.500. The van der Waals surface area contributed by atoms with E-state index < -0.39 is 0 Å². The fourth-order valence-corrected chi connectivity index (χ4v) is 1.55. The zero-order chi connectivity index (χ0) is 9.10. The van der Waals surface area contributed by atoms with E-state index in [0.717, 1.165) is 23.2 Å². The van der Waals surface area contributed by atoms with Gasteiger partial charge in [0.1, 0.15) is 9.80 Å².